The van der Waals surface area contributed by atoms with Gasteiger partial charge in [-0.1, -0.05) is 12.1 Å². The highest BCUT2D eigenvalue weighted by molar-refractivity contribution is 9.10. The van der Waals surface area contributed by atoms with Crippen LogP contribution in [0.15, 0.2) is 45.5 Å². The van der Waals surface area contributed by atoms with E-state index in [0.717, 1.165) is 36.4 Å². The van der Waals surface area contributed by atoms with Crippen LogP contribution in [-0.4, -0.2) is 48.4 Å². The zero-order chi connectivity index (χ0) is 33.5. The van der Waals surface area contributed by atoms with Crippen LogP contribution in [0, 0.1) is 11.6 Å². The maximum absolute atomic E-state index is 15.0. The van der Waals surface area contributed by atoms with Crippen molar-refractivity contribution in [2.75, 3.05) is 19.8 Å². The third kappa shape index (κ3) is 10.1. The second kappa shape index (κ2) is 14.6. The lowest BCUT2D eigenvalue weighted by molar-refractivity contribution is -0.137. The van der Waals surface area contributed by atoms with Gasteiger partial charge in [-0.15, -0.1) is 0 Å². The first-order valence-corrected chi connectivity index (χ1v) is 13.9. The summed E-state index contributed by atoms with van der Waals surface area (Å²) in [7, 11) is 0. The number of benzene rings is 2. The average molecular weight is 707 g/mol. The van der Waals surface area contributed by atoms with E-state index in [1.165, 1.54) is 0 Å². The van der Waals surface area contributed by atoms with Crippen LogP contribution < -0.4 is 21.1 Å². The number of nitrogens with one attached hydrogen (secondary N) is 2. The summed E-state index contributed by atoms with van der Waals surface area (Å²) < 4.78 is 89.2. The lowest BCUT2D eigenvalue weighted by Crippen LogP contribution is -2.41. The fourth-order valence-corrected chi connectivity index (χ4v) is 4.06. The van der Waals surface area contributed by atoms with Crippen LogP contribution in [0.5, 0.6) is 5.75 Å². The zero-order valence-corrected chi connectivity index (χ0v) is 25.6. The minimum absolute atomic E-state index is 0.0168. The number of amides is 3. The van der Waals surface area contributed by atoms with E-state index in [9.17, 15) is 36.3 Å². The molecule has 244 valence electrons. The number of oxazole rings is 1. The molecule has 3 aromatic rings. The maximum atomic E-state index is 15.0. The van der Waals surface area contributed by atoms with Gasteiger partial charge in [0.05, 0.1) is 12.2 Å². The summed E-state index contributed by atoms with van der Waals surface area (Å²) in [6.45, 7) is 4.67. The summed E-state index contributed by atoms with van der Waals surface area (Å²) in [6.07, 6.45) is -7.45. The van der Waals surface area contributed by atoms with Crippen LogP contribution in [0.1, 0.15) is 55.1 Å². The summed E-state index contributed by atoms with van der Waals surface area (Å²) in [4.78, 5) is 39.8. The van der Waals surface area contributed by atoms with Gasteiger partial charge in [-0.3, -0.25) is 4.79 Å². The van der Waals surface area contributed by atoms with Crippen LogP contribution in [0.4, 0.5) is 31.5 Å². The SMILES string of the molecule is CC(C)(C)NC(=O)OCCCNC(=O)OCC(Oc1ccc(F)c(C(N)=O)c1F)c1nc(-c2ccc(C(F)(F)F)cc2)c(Br)o1. The highest BCUT2D eigenvalue weighted by atomic mass is 79.9. The Morgan fingerprint density at radius 3 is 2.29 bits per heavy atom. The molecular weight excluding hydrogens is 679 g/mol. The molecule has 0 aliphatic heterocycles. The maximum Gasteiger partial charge on any atom is 0.416 e. The average Bonchev–Trinajstić information content (AvgIpc) is 3.31. The normalized spacial score (nSPS) is 12.3. The Labute approximate surface area is 261 Å². The Morgan fingerprint density at radius 2 is 1.69 bits per heavy atom. The van der Waals surface area contributed by atoms with Crippen molar-refractivity contribution in [2.45, 2.75) is 45.0 Å². The number of rotatable bonds is 11. The number of primary amides is 1. The molecule has 0 spiro atoms. The number of nitrogens with zero attached hydrogens (tertiary/aromatic N) is 1. The van der Waals surface area contributed by atoms with E-state index in [1.807, 2.05) is 0 Å². The summed E-state index contributed by atoms with van der Waals surface area (Å²) in [5.74, 6) is -5.10. The van der Waals surface area contributed by atoms with Gasteiger partial charge in [0.2, 0.25) is 12.0 Å². The second-order valence-electron chi connectivity index (χ2n) is 10.3. The molecule has 0 aliphatic rings. The first-order chi connectivity index (χ1) is 21.0. The van der Waals surface area contributed by atoms with Crippen molar-refractivity contribution in [3.05, 3.63) is 69.7 Å². The van der Waals surface area contributed by atoms with Crippen LogP contribution >= 0.6 is 15.9 Å². The molecule has 0 fully saturated rings. The molecule has 3 rings (SSSR count). The summed E-state index contributed by atoms with van der Waals surface area (Å²) in [5, 5.41) is 5.02. The molecule has 0 aliphatic carbocycles. The van der Waals surface area contributed by atoms with Gasteiger partial charge in [0.25, 0.3) is 5.91 Å². The van der Waals surface area contributed by atoms with E-state index < -0.39 is 71.0 Å². The largest absolute Gasteiger partial charge is 0.474 e. The lowest BCUT2D eigenvalue weighted by Gasteiger charge is -2.20. The zero-order valence-electron chi connectivity index (χ0n) is 24.0. The van der Waals surface area contributed by atoms with Crippen molar-refractivity contribution in [3.8, 4) is 17.0 Å². The van der Waals surface area contributed by atoms with Gasteiger partial charge < -0.3 is 35.0 Å². The van der Waals surface area contributed by atoms with Crippen LogP contribution in [0.3, 0.4) is 0 Å². The Kier molecular flexibility index (Phi) is 11.4. The van der Waals surface area contributed by atoms with E-state index >= 15 is 0 Å². The molecule has 17 heteroatoms. The molecule has 2 aromatic carbocycles. The molecule has 0 saturated carbocycles. The van der Waals surface area contributed by atoms with Gasteiger partial charge >= 0.3 is 18.4 Å². The fourth-order valence-electron chi connectivity index (χ4n) is 3.58. The van der Waals surface area contributed by atoms with E-state index in [-0.39, 0.29) is 41.4 Å². The molecule has 4 N–H and O–H groups in total. The Bertz CT molecular complexity index is 1530. The molecule has 0 radical (unpaired) electrons. The number of hydrogen-bond donors (Lipinski definition) is 3. The third-order valence-electron chi connectivity index (χ3n) is 5.60. The van der Waals surface area contributed by atoms with E-state index in [1.54, 1.807) is 20.8 Å². The number of halogens is 6. The Balaban J connectivity index is 1.75. The van der Waals surface area contributed by atoms with Crippen LogP contribution in [0.25, 0.3) is 11.3 Å². The van der Waals surface area contributed by atoms with Crippen molar-refractivity contribution < 1.29 is 55.0 Å². The Morgan fingerprint density at radius 1 is 1.02 bits per heavy atom. The first-order valence-electron chi connectivity index (χ1n) is 13.1. The van der Waals surface area contributed by atoms with E-state index in [4.69, 9.17) is 24.4 Å². The predicted octanol–water partition coefficient (Wildman–Crippen LogP) is 6.26. The highest BCUT2D eigenvalue weighted by Gasteiger charge is 2.31. The van der Waals surface area contributed by atoms with Crippen LogP contribution in [-0.2, 0) is 15.7 Å². The molecule has 0 bridgehead atoms. The van der Waals surface area contributed by atoms with Crippen molar-refractivity contribution >= 4 is 34.0 Å². The number of aromatic nitrogens is 1. The topological polar surface area (TPSA) is 155 Å². The molecule has 45 heavy (non-hydrogen) atoms. The molecule has 11 nitrogen and oxygen atoms in total. The van der Waals surface area contributed by atoms with Crippen LogP contribution in [0.2, 0.25) is 0 Å². The van der Waals surface area contributed by atoms with Crippen molar-refractivity contribution in [3.63, 3.8) is 0 Å². The second-order valence-corrected chi connectivity index (χ2v) is 11.1. The quantitative estimate of drug-likeness (QED) is 0.156. The summed E-state index contributed by atoms with van der Waals surface area (Å²) in [5.41, 5.74) is 2.83. The van der Waals surface area contributed by atoms with Gasteiger partial charge in [0.15, 0.2) is 16.2 Å². The lowest BCUT2D eigenvalue weighted by atomic mass is 10.1. The third-order valence-corrected chi connectivity index (χ3v) is 6.14. The fraction of sp³-hybridized carbons (Fsp3) is 0.357. The van der Waals surface area contributed by atoms with Gasteiger partial charge in [-0.05, 0) is 67.4 Å². The molecule has 1 unspecified atom stereocenters. The van der Waals surface area contributed by atoms with Crippen molar-refractivity contribution in [1.82, 2.24) is 15.6 Å². The smallest absolute Gasteiger partial charge is 0.416 e. The van der Waals surface area contributed by atoms with Gasteiger partial charge in [-0.2, -0.15) is 13.2 Å². The number of alkyl halides is 3. The Hall–Kier alpha value is -4.41. The first kappa shape index (κ1) is 35.1. The summed E-state index contributed by atoms with van der Waals surface area (Å²) in [6, 6.07) is 5.53. The minimum atomic E-state index is -4.57. The number of ether oxygens (including phenoxy) is 3. The molecule has 1 atom stereocenters. The number of carbonyl (C=O) groups excluding carboxylic acids is 3. The minimum Gasteiger partial charge on any atom is -0.474 e. The number of alkyl carbamates (subject to hydrolysis) is 2. The molecule has 1 heterocycles. The number of hydrogen-bond acceptors (Lipinski definition) is 8. The van der Waals surface area contributed by atoms with Gasteiger partial charge in [0.1, 0.15) is 23.7 Å². The monoisotopic (exact) mass is 706 g/mol. The van der Waals surface area contributed by atoms with E-state index in [0.29, 0.717) is 0 Å². The summed E-state index contributed by atoms with van der Waals surface area (Å²) >= 11 is 3.12. The van der Waals surface area contributed by atoms with Gasteiger partial charge in [-0.25, -0.2) is 23.4 Å². The predicted molar refractivity (Wildman–Crippen MR) is 151 cm³/mol. The van der Waals surface area contributed by atoms with Crippen molar-refractivity contribution in [1.29, 1.82) is 0 Å². The number of nitrogens with two attached hydrogens (primary N) is 1. The van der Waals surface area contributed by atoms with E-state index in [2.05, 4.69) is 31.5 Å². The number of carbonyl (C=O) groups is 3. The molecule has 3 amide bonds. The standard InChI is InChI=1S/C28H28BrF5N4O7/c1-27(2,3)38-26(41)42-12-4-11-36-25(40)43-13-18(44-17-10-9-16(30)19(20(17)31)23(35)39)24-37-21(22(29)45-24)14-5-7-15(8-6-14)28(32,33)34/h5-10,18H,4,11-13H2,1-3H3,(H2,35,39)(H,36,40)(H,38,41). The van der Waals surface area contributed by atoms with Gasteiger partial charge in [0, 0.05) is 17.6 Å². The highest BCUT2D eigenvalue weighted by Crippen LogP contribution is 2.36. The molecular formula is C28H28BrF5N4O7. The van der Waals surface area contributed by atoms with Crippen molar-refractivity contribution in [2.24, 2.45) is 5.73 Å². The molecule has 1 aromatic heterocycles. The molecule has 0 saturated heterocycles.